The zero-order valence-electron chi connectivity index (χ0n) is 61.6. The van der Waals surface area contributed by atoms with Crippen molar-refractivity contribution in [3.05, 3.63) is 36.5 Å². The first-order valence-corrected chi connectivity index (χ1v) is 42.2. The van der Waals surface area contributed by atoms with E-state index in [1.54, 1.807) is 0 Å². The summed E-state index contributed by atoms with van der Waals surface area (Å²) in [5, 5.41) is 10.6. The van der Waals surface area contributed by atoms with Crippen molar-refractivity contribution in [2.75, 3.05) is 39.6 Å². The fourth-order valence-electron chi connectivity index (χ4n) is 11.0. The minimum atomic E-state index is -4.97. The summed E-state index contributed by atoms with van der Waals surface area (Å²) in [6, 6.07) is 0. The van der Waals surface area contributed by atoms with Gasteiger partial charge in [-0.2, -0.15) is 0 Å². The maximum Gasteiger partial charge on any atom is 0.472 e. The van der Waals surface area contributed by atoms with E-state index in [1.165, 1.54) is 154 Å². The van der Waals surface area contributed by atoms with Gasteiger partial charge in [0.2, 0.25) is 0 Å². The van der Waals surface area contributed by atoms with Gasteiger partial charge in [-0.15, -0.1) is 0 Å². The summed E-state index contributed by atoms with van der Waals surface area (Å²) in [7, 11) is -9.93. The first-order valence-electron chi connectivity index (χ1n) is 39.2. The average Bonchev–Trinajstić information content (AvgIpc) is 1.22. The highest BCUT2D eigenvalue weighted by molar-refractivity contribution is 7.47. The Balaban J connectivity index is 5.31. The van der Waals surface area contributed by atoms with Crippen molar-refractivity contribution >= 4 is 39.5 Å². The third-order valence-corrected chi connectivity index (χ3v) is 19.0. The van der Waals surface area contributed by atoms with Crippen LogP contribution in [0.5, 0.6) is 0 Å². The molecular formula is C77H144O17P2. The van der Waals surface area contributed by atoms with Crippen molar-refractivity contribution in [2.45, 2.75) is 393 Å². The largest absolute Gasteiger partial charge is 0.472 e. The molecule has 2 unspecified atom stereocenters. The molecule has 0 aromatic heterocycles. The van der Waals surface area contributed by atoms with Crippen molar-refractivity contribution in [3.63, 3.8) is 0 Å². The average molecular weight is 1400 g/mol. The molecule has 19 heteroatoms. The van der Waals surface area contributed by atoms with Crippen LogP contribution in [0, 0.1) is 0 Å². The van der Waals surface area contributed by atoms with Crippen molar-refractivity contribution in [1.82, 2.24) is 0 Å². The quantitative estimate of drug-likeness (QED) is 0.0169. The standard InChI is InChI=1S/C77H144O17P2/c1-5-9-13-17-21-25-29-33-35-39-42-46-50-54-58-62-75(80)88-68-72(93-76(81)63-59-55-51-47-43-38-32-28-24-20-16-12-8-4)69-91-95(83,84)89-65-71(78)66-90-96(85,86)92-70-73(67-87-74(79)61-57-53-49-45-41-37-31-27-23-19-15-11-7-3)94-77(82)64-60-56-52-48-44-40-36-34-30-26-22-18-14-10-6-2/h27,31,33-36,71-73,78H,5-26,28-30,32,37-70H2,1-4H3,(H,83,84)(H,85,86)/b31-27-,35-33-,36-34-/t71-,72+,73+/m0/s1. The molecule has 0 aromatic rings. The molecule has 0 heterocycles. The lowest BCUT2D eigenvalue weighted by Crippen LogP contribution is -2.30. The van der Waals surface area contributed by atoms with Crippen LogP contribution < -0.4 is 0 Å². The number of phosphoric ester groups is 2. The molecule has 564 valence electrons. The van der Waals surface area contributed by atoms with E-state index >= 15 is 0 Å². The van der Waals surface area contributed by atoms with Crippen molar-refractivity contribution in [3.8, 4) is 0 Å². The highest BCUT2D eigenvalue weighted by atomic mass is 31.2. The molecule has 96 heavy (non-hydrogen) atoms. The van der Waals surface area contributed by atoms with E-state index in [2.05, 4.69) is 64.2 Å². The van der Waals surface area contributed by atoms with Crippen molar-refractivity contribution in [1.29, 1.82) is 0 Å². The molecule has 3 N–H and O–H groups in total. The summed E-state index contributed by atoms with van der Waals surface area (Å²) >= 11 is 0. The number of phosphoric acid groups is 2. The number of carbonyl (C=O) groups excluding carboxylic acids is 4. The maximum absolute atomic E-state index is 13.1. The Labute approximate surface area is 585 Å². The molecule has 17 nitrogen and oxygen atoms in total. The molecule has 0 radical (unpaired) electrons. The molecule has 0 aromatic carbocycles. The van der Waals surface area contributed by atoms with E-state index in [1.807, 2.05) is 0 Å². The predicted octanol–water partition coefficient (Wildman–Crippen LogP) is 22.3. The van der Waals surface area contributed by atoms with Gasteiger partial charge in [0, 0.05) is 25.7 Å². The van der Waals surface area contributed by atoms with Gasteiger partial charge in [-0.1, -0.05) is 282 Å². The topological polar surface area (TPSA) is 237 Å². The van der Waals surface area contributed by atoms with Gasteiger partial charge in [0.25, 0.3) is 0 Å². The first kappa shape index (κ1) is 93.3. The minimum absolute atomic E-state index is 0.0896. The lowest BCUT2D eigenvalue weighted by molar-refractivity contribution is -0.161. The third-order valence-electron chi connectivity index (χ3n) is 17.1. The van der Waals surface area contributed by atoms with Crippen LogP contribution >= 0.6 is 15.6 Å². The molecule has 0 amide bonds. The van der Waals surface area contributed by atoms with Gasteiger partial charge in [0.1, 0.15) is 19.3 Å². The number of unbranched alkanes of at least 4 members (excludes halogenated alkanes) is 43. The molecule has 0 rings (SSSR count). The number of aliphatic hydroxyl groups excluding tert-OH is 1. The Bertz CT molecular complexity index is 1970. The number of ether oxygens (including phenoxy) is 4. The van der Waals surface area contributed by atoms with Gasteiger partial charge in [0.05, 0.1) is 26.4 Å². The SMILES string of the molecule is CCCCCC/C=C\CCCCCCCC(=O)OC[C@H](COP(=O)(O)OC[C@@H](O)COP(=O)(O)OC[C@@H](COC(=O)CCCCCCC/C=C\CCCCCCCC)OC(=O)CCCCCCCCCCCCCCC)OC(=O)CCCCCCC/C=C\CCCCCCCC. The number of carbonyl (C=O) groups is 4. The number of hydrogen-bond donors (Lipinski definition) is 3. The Morgan fingerprint density at radius 1 is 0.281 bits per heavy atom. The molecule has 0 bridgehead atoms. The number of esters is 4. The Morgan fingerprint density at radius 2 is 0.479 bits per heavy atom. The summed E-state index contributed by atoms with van der Waals surface area (Å²) in [4.78, 5) is 72.8. The zero-order chi connectivity index (χ0) is 70.4. The molecule has 0 spiro atoms. The summed E-state index contributed by atoms with van der Waals surface area (Å²) in [5.41, 5.74) is 0. The Hall–Kier alpha value is -2.72. The molecule has 0 saturated heterocycles. The molecular weight excluding hydrogens is 1260 g/mol. The van der Waals surface area contributed by atoms with Crippen LogP contribution in [0.25, 0.3) is 0 Å². The predicted molar refractivity (Wildman–Crippen MR) is 391 cm³/mol. The van der Waals surface area contributed by atoms with Crippen LogP contribution in [0.4, 0.5) is 0 Å². The highest BCUT2D eigenvalue weighted by Gasteiger charge is 2.30. The van der Waals surface area contributed by atoms with E-state index in [-0.39, 0.29) is 25.7 Å². The maximum atomic E-state index is 13.1. The van der Waals surface area contributed by atoms with Crippen LogP contribution in [-0.4, -0.2) is 96.7 Å². The highest BCUT2D eigenvalue weighted by Crippen LogP contribution is 2.45. The van der Waals surface area contributed by atoms with Gasteiger partial charge < -0.3 is 33.8 Å². The van der Waals surface area contributed by atoms with Gasteiger partial charge in [-0.05, 0) is 103 Å². The van der Waals surface area contributed by atoms with Gasteiger partial charge in [0.15, 0.2) is 12.2 Å². The molecule has 5 atom stereocenters. The Kier molecular flexibility index (Phi) is 68.7. The number of aliphatic hydroxyl groups is 1. The Morgan fingerprint density at radius 3 is 0.729 bits per heavy atom. The fourth-order valence-corrected chi connectivity index (χ4v) is 12.6. The zero-order valence-corrected chi connectivity index (χ0v) is 63.4. The second kappa shape index (κ2) is 70.7. The summed E-state index contributed by atoms with van der Waals surface area (Å²) in [6.07, 6.45) is 65.5. The van der Waals surface area contributed by atoms with Crippen LogP contribution in [0.1, 0.15) is 374 Å². The molecule has 0 aliphatic heterocycles. The normalized spacial score (nSPS) is 14.1. The lowest BCUT2D eigenvalue weighted by Gasteiger charge is -2.21. The van der Waals surface area contributed by atoms with Crippen LogP contribution in [0.15, 0.2) is 36.5 Å². The monoisotopic (exact) mass is 1400 g/mol. The van der Waals surface area contributed by atoms with Gasteiger partial charge in [-0.25, -0.2) is 9.13 Å². The second-order valence-electron chi connectivity index (χ2n) is 26.7. The summed E-state index contributed by atoms with van der Waals surface area (Å²) < 4.78 is 68.5. The summed E-state index contributed by atoms with van der Waals surface area (Å²) in [5.74, 6) is -2.16. The third kappa shape index (κ3) is 69.7. The number of rotatable bonds is 75. The smallest absolute Gasteiger partial charge is 0.462 e. The van der Waals surface area contributed by atoms with Crippen LogP contribution in [-0.2, 0) is 65.4 Å². The number of allylic oxidation sites excluding steroid dienone is 6. The molecule has 0 aliphatic carbocycles. The number of hydrogen-bond acceptors (Lipinski definition) is 15. The molecule has 0 saturated carbocycles. The van der Waals surface area contributed by atoms with E-state index in [9.17, 15) is 43.2 Å². The first-order chi connectivity index (χ1) is 46.7. The van der Waals surface area contributed by atoms with Crippen LogP contribution in [0.3, 0.4) is 0 Å². The molecule has 0 aliphatic rings. The van der Waals surface area contributed by atoms with Gasteiger partial charge in [-0.3, -0.25) is 37.3 Å². The lowest BCUT2D eigenvalue weighted by atomic mass is 10.0. The fraction of sp³-hybridized carbons (Fsp3) is 0.870. The van der Waals surface area contributed by atoms with Gasteiger partial charge >= 0.3 is 39.5 Å². The summed E-state index contributed by atoms with van der Waals surface area (Å²) in [6.45, 7) is 4.90. The van der Waals surface area contributed by atoms with Crippen molar-refractivity contribution < 1.29 is 80.2 Å². The second-order valence-corrected chi connectivity index (χ2v) is 29.6. The van der Waals surface area contributed by atoms with E-state index in [4.69, 9.17) is 37.0 Å². The van der Waals surface area contributed by atoms with E-state index < -0.39 is 97.5 Å². The van der Waals surface area contributed by atoms with E-state index in [0.29, 0.717) is 25.7 Å². The van der Waals surface area contributed by atoms with Crippen LogP contribution in [0.2, 0.25) is 0 Å². The van der Waals surface area contributed by atoms with E-state index in [0.717, 1.165) is 141 Å². The van der Waals surface area contributed by atoms with Crippen molar-refractivity contribution in [2.24, 2.45) is 0 Å². The minimum Gasteiger partial charge on any atom is -0.462 e. The molecule has 0 fully saturated rings.